The second kappa shape index (κ2) is 6.84. The third kappa shape index (κ3) is 3.54. The summed E-state index contributed by atoms with van der Waals surface area (Å²) in [4.78, 5) is 28.3. The Labute approximate surface area is 159 Å². The van der Waals surface area contributed by atoms with Crippen LogP contribution in [0.3, 0.4) is 0 Å². The molecule has 0 bridgehead atoms. The van der Waals surface area contributed by atoms with E-state index in [4.69, 9.17) is 4.74 Å². The summed E-state index contributed by atoms with van der Waals surface area (Å²) < 4.78 is 5.36. The monoisotopic (exact) mass is 383 g/mol. The van der Waals surface area contributed by atoms with Gasteiger partial charge in [-0.05, 0) is 32.0 Å². The number of aromatic amines is 1. The van der Waals surface area contributed by atoms with Crippen molar-refractivity contribution in [3.8, 4) is 17.0 Å². The number of aryl methyl sites for hydroxylation is 2. The van der Waals surface area contributed by atoms with Gasteiger partial charge >= 0.3 is 0 Å². The molecule has 3 aromatic rings. The van der Waals surface area contributed by atoms with Gasteiger partial charge in [0.05, 0.1) is 23.5 Å². The Morgan fingerprint density at radius 1 is 1.37 bits per heavy atom. The van der Waals surface area contributed by atoms with Gasteiger partial charge in [0.25, 0.3) is 5.91 Å². The summed E-state index contributed by atoms with van der Waals surface area (Å²) in [5.41, 5.74) is 4.77. The van der Waals surface area contributed by atoms with E-state index in [-0.39, 0.29) is 24.8 Å². The van der Waals surface area contributed by atoms with Crippen LogP contribution in [0.5, 0.6) is 5.75 Å². The number of hydrogen-bond donors (Lipinski definition) is 3. The van der Waals surface area contributed by atoms with Crippen LogP contribution in [-0.4, -0.2) is 33.6 Å². The lowest BCUT2D eigenvalue weighted by Gasteiger charge is -2.18. The van der Waals surface area contributed by atoms with Gasteiger partial charge in [0.2, 0.25) is 5.91 Å². The number of nitrogens with zero attached hydrogens (tertiary/aromatic N) is 2. The molecule has 0 unspecified atom stereocenters. The van der Waals surface area contributed by atoms with Crippen molar-refractivity contribution < 1.29 is 14.3 Å². The van der Waals surface area contributed by atoms with Gasteiger partial charge in [0, 0.05) is 22.2 Å². The van der Waals surface area contributed by atoms with Crippen LogP contribution in [0.1, 0.15) is 17.0 Å². The first-order valence-corrected chi connectivity index (χ1v) is 9.20. The van der Waals surface area contributed by atoms with Crippen molar-refractivity contribution in [1.82, 2.24) is 15.2 Å². The van der Waals surface area contributed by atoms with Crippen LogP contribution in [0.25, 0.3) is 11.3 Å². The zero-order chi connectivity index (χ0) is 19.0. The van der Waals surface area contributed by atoms with Gasteiger partial charge in [-0.15, -0.1) is 11.3 Å². The number of benzene rings is 1. The molecule has 27 heavy (non-hydrogen) atoms. The molecule has 0 saturated carbocycles. The number of thiazole rings is 1. The van der Waals surface area contributed by atoms with Crippen LogP contribution in [-0.2, 0) is 16.0 Å². The van der Waals surface area contributed by atoms with E-state index in [0.29, 0.717) is 22.3 Å². The van der Waals surface area contributed by atoms with Crippen molar-refractivity contribution in [3.05, 3.63) is 40.5 Å². The largest absolute Gasteiger partial charge is 0.482 e. The van der Waals surface area contributed by atoms with E-state index in [0.717, 1.165) is 22.5 Å². The molecule has 2 aromatic heterocycles. The molecule has 0 spiro atoms. The van der Waals surface area contributed by atoms with Gasteiger partial charge in [0.1, 0.15) is 5.75 Å². The van der Waals surface area contributed by atoms with Gasteiger partial charge in [-0.1, -0.05) is 0 Å². The molecule has 1 aromatic carbocycles. The lowest BCUT2D eigenvalue weighted by molar-refractivity contribution is -0.118. The predicted molar refractivity (Wildman–Crippen MR) is 102 cm³/mol. The molecular weight excluding hydrogens is 366 g/mol. The van der Waals surface area contributed by atoms with Gasteiger partial charge in [-0.3, -0.25) is 14.7 Å². The molecule has 138 valence electrons. The van der Waals surface area contributed by atoms with Crippen LogP contribution in [0.15, 0.2) is 23.6 Å². The number of anilines is 2. The normalized spacial score (nSPS) is 12.9. The summed E-state index contributed by atoms with van der Waals surface area (Å²) in [6, 6.07) is 5.48. The quantitative estimate of drug-likeness (QED) is 0.642. The molecule has 1 aliphatic rings. The van der Waals surface area contributed by atoms with Crippen molar-refractivity contribution in [2.45, 2.75) is 20.3 Å². The molecule has 0 radical (unpaired) electrons. The van der Waals surface area contributed by atoms with E-state index < -0.39 is 0 Å². The van der Waals surface area contributed by atoms with E-state index in [1.165, 1.54) is 11.3 Å². The Morgan fingerprint density at radius 3 is 3.00 bits per heavy atom. The Hall–Kier alpha value is -3.20. The highest BCUT2D eigenvalue weighted by molar-refractivity contribution is 7.14. The summed E-state index contributed by atoms with van der Waals surface area (Å²) in [5, 5.41) is 15.0. The molecule has 9 heteroatoms. The van der Waals surface area contributed by atoms with Crippen molar-refractivity contribution in [2.24, 2.45) is 0 Å². The average molecular weight is 383 g/mol. The lowest BCUT2D eigenvalue weighted by Crippen LogP contribution is -2.25. The second-order valence-corrected chi connectivity index (χ2v) is 7.08. The third-order valence-electron chi connectivity index (χ3n) is 4.28. The third-order valence-corrected chi connectivity index (χ3v) is 5.03. The molecule has 1 aliphatic heterocycles. The molecular formula is C18H17N5O3S. The molecule has 3 N–H and O–H groups in total. The molecule has 0 aliphatic carbocycles. The summed E-state index contributed by atoms with van der Waals surface area (Å²) in [5.74, 6) is 0.304. The predicted octanol–water partition coefficient (Wildman–Crippen LogP) is 2.66. The standard InChI is InChI=1S/C18H17N5O3S/c1-9-12(10(2)23-22-9)6-16(24)21-18-20-14(8-27-18)11-3-4-15-13(5-11)19-17(25)7-26-15/h3-5,8H,6-7H2,1-2H3,(H,19,25)(H,22,23)(H,20,21,24). The van der Waals surface area contributed by atoms with E-state index in [9.17, 15) is 9.59 Å². The Morgan fingerprint density at radius 2 is 2.22 bits per heavy atom. The number of amides is 2. The highest BCUT2D eigenvalue weighted by Crippen LogP contribution is 2.33. The summed E-state index contributed by atoms with van der Waals surface area (Å²) in [6.45, 7) is 3.78. The van der Waals surface area contributed by atoms with E-state index >= 15 is 0 Å². The number of hydrogen-bond acceptors (Lipinski definition) is 6. The zero-order valence-electron chi connectivity index (χ0n) is 14.8. The minimum absolute atomic E-state index is 0.0227. The van der Waals surface area contributed by atoms with Crippen molar-refractivity contribution in [2.75, 3.05) is 17.2 Å². The summed E-state index contributed by atoms with van der Waals surface area (Å²) >= 11 is 1.35. The smallest absolute Gasteiger partial charge is 0.262 e. The Bertz CT molecular complexity index is 1020. The lowest BCUT2D eigenvalue weighted by atomic mass is 10.1. The first-order valence-electron chi connectivity index (χ1n) is 8.32. The molecule has 3 heterocycles. The van der Waals surface area contributed by atoms with Crippen LogP contribution < -0.4 is 15.4 Å². The fourth-order valence-corrected chi connectivity index (χ4v) is 3.60. The second-order valence-electron chi connectivity index (χ2n) is 6.22. The minimum Gasteiger partial charge on any atom is -0.482 e. The van der Waals surface area contributed by atoms with Crippen LogP contribution in [0.2, 0.25) is 0 Å². The molecule has 0 fully saturated rings. The van der Waals surface area contributed by atoms with Crippen molar-refractivity contribution in [3.63, 3.8) is 0 Å². The van der Waals surface area contributed by atoms with Crippen molar-refractivity contribution in [1.29, 1.82) is 0 Å². The number of aromatic nitrogens is 3. The van der Waals surface area contributed by atoms with Crippen LogP contribution in [0.4, 0.5) is 10.8 Å². The van der Waals surface area contributed by atoms with E-state index in [2.05, 4.69) is 25.8 Å². The fourth-order valence-electron chi connectivity index (χ4n) is 2.86. The van der Waals surface area contributed by atoms with Gasteiger partial charge in [0.15, 0.2) is 11.7 Å². The SMILES string of the molecule is Cc1n[nH]c(C)c1CC(=O)Nc1nc(-c2ccc3c(c2)NC(=O)CO3)cs1. The highest BCUT2D eigenvalue weighted by atomic mass is 32.1. The molecule has 2 amide bonds. The number of fused-ring (bicyclic) bond motifs is 1. The number of rotatable bonds is 4. The first-order chi connectivity index (χ1) is 13.0. The first kappa shape index (κ1) is 17.2. The molecule has 0 atom stereocenters. The maximum atomic E-state index is 12.3. The maximum Gasteiger partial charge on any atom is 0.262 e. The zero-order valence-corrected chi connectivity index (χ0v) is 15.6. The summed E-state index contributed by atoms with van der Waals surface area (Å²) in [7, 11) is 0. The van der Waals surface area contributed by atoms with Crippen LogP contribution in [0, 0.1) is 13.8 Å². The van der Waals surface area contributed by atoms with Crippen molar-refractivity contribution >= 4 is 34.0 Å². The van der Waals surface area contributed by atoms with Gasteiger partial charge in [-0.2, -0.15) is 5.10 Å². The van der Waals surface area contributed by atoms with E-state index in [1.807, 2.05) is 31.4 Å². The van der Waals surface area contributed by atoms with Crippen LogP contribution >= 0.6 is 11.3 Å². The molecule has 4 rings (SSSR count). The number of H-pyrrole nitrogens is 1. The fraction of sp³-hybridized carbons (Fsp3) is 0.222. The number of carbonyl (C=O) groups is 2. The minimum atomic E-state index is -0.185. The number of nitrogens with one attached hydrogen (secondary N) is 3. The van der Waals surface area contributed by atoms with Gasteiger partial charge in [-0.25, -0.2) is 4.98 Å². The van der Waals surface area contributed by atoms with Gasteiger partial charge < -0.3 is 15.4 Å². The average Bonchev–Trinajstić information content (AvgIpc) is 3.23. The number of ether oxygens (including phenoxy) is 1. The van der Waals surface area contributed by atoms with E-state index in [1.54, 1.807) is 6.07 Å². The number of carbonyl (C=O) groups excluding carboxylic acids is 2. The Kier molecular flexibility index (Phi) is 4.36. The summed E-state index contributed by atoms with van der Waals surface area (Å²) in [6.07, 6.45) is 0.241. The molecule has 8 nitrogen and oxygen atoms in total. The maximum absolute atomic E-state index is 12.3. The molecule has 0 saturated heterocycles. The Balaban J connectivity index is 1.48. The highest BCUT2D eigenvalue weighted by Gasteiger charge is 2.18. The topological polar surface area (TPSA) is 109 Å².